The maximum atomic E-state index is 12.9. The standard InChI is InChI=1S/C31H26BrN3O5/c32-29-24(10-5-11-26(29)21-7-2-1-3-8-21)18-34-25-13-12-23(17-35-27(19-36)30(37)38)28(15-25)40-31(39)22-9-4-6-20(14-22)16-33/h1-15,27,34-36H,17-19H2,(H,37,38)/t27-/m1/s1. The number of anilines is 1. The normalized spacial score (nSPS) is 11.3. The molecule has 0 heterocycles. The first kappa shape index (κ1) is 28.5. The number of hydrogen-bond donors (Lipinski definition) is 4. The zero-order chi connectivity index (χ0) is 28.5. The second-order valence-electron chi connectivity index (χ2n) is 8.86. The number of aliphatic hydroxyl groups is 1. The van der Waals surface area contributed by atoms with Gasteiger partial charge in [0, 0.05) is 34.9 Å². The Morgan fingerprint density at radius 1 is 0.925 bits per heavy atom. The molecule has 8 nitrogen and oxygen atoms in total. The Bertz CT molecular complexity index is 1550. The van der Waals surface area contributed by atoms with Crippen molar-refractivity contribution in [3.05, 3.63) is 118 Å². The number of nitriles is 1. The molecule has 4 aromatic carbocycles. The summed E-state index contributed by atoms with van der Waals surface area (Å²) in [5.41, 5.74) is 4.89. The number of nitrogens with zero attached hydrogens (tertiary/aromatic N) is 1. The predicted molar refractivity (Wildman–Crippen MR) is 155 cm³/mol. The van der Waals surface area contributed by atoms with Gasteiger partial charge in [-0.15, -0.1) is 0 Å². The summed E-state index contributed by atoms with van der Waals surface area (Å²) >= 11 is 3.73. The molecule has 0 fully saturated rings. The Balaban J connectivity index is 1.57. The molecule has 0 radical (unpaired) electrons. The van der Waals surface area contributed by atoms with E-state index in [4.69, 9.17) is 10.00 Å². The van der Waals surface area contributed by atoms with Gasteiger partial charge in [0.15, 0.2) is 0 Å². The number of aliphatic carboxylic acids is 1. The number of carbonyl (C=O) groups excluding carboxylic acids is 1. The van der Waals surface area contributed by atoms with Crippen LogP contribution in [0.15, 0.2) is 95.5 Å². The monoisotopic (exact) mass is 599 g/mol. The maximum Gasteiger partial charge on any atom is 0.343 e. The van der Waals surface area contributed by atoms with Crippen LogP contribution in [0.5, 0.6) is 5.75 Å². The van der Waals surface area contributed by atoms with Crippen molar-refractivity contribution in [2.45, 2.75) is 19.1 Å². The van der Waals surface area contributed by atoms with Crippen LogP contribution in [-0.2, 0) is 17.9 Å². The van der Waals surface area contributed by atoms with Gasteiger partial charge in [-0.1, -0.05) is 60.7 Å². The van der Waals surface area contributed by atoms with Crippen molar-refractivity contribution in [3.8, 4) is 22.9 Å². The van der Waals surface area contributed by atoms with Gasteiger partial charge < -0.3 is 20.3 Å². The average Bonchev–Trinajstić information content (AvgIpc) is 2.98. The fraction of sp³-hybridized carbons (Fsp3) is 0.129. The van der Waals surface area contributed by atoms with Crippen LogP contribution < -0.4 is 15.4 Å². The summed E-state index contributed by atoms with van der Waals surface area (Å²) in [5, 5.41) is 33.9. The van der Waals surface area contributed by atoms with Gasteiger partial charge >= 0.3 is 11.9 Å². The number of nitrogens with one attached hydrogen (secondary N) is 2. The summed E-state index contributed by atoms with van der Waals surface area (Å²) in [6, 6.07) is 28.2. The van der Waals surface area contributed by atoms with E-state index in [0.717, 1.165) is 21.2 Å². The molecule has 0 aromatic heterocycles. The molecule has 0 unspecified atom stereocenters. The lowest BCUT2D eigenvalue weighted by Crippen LogP contribution is -2.39. The van der Waals surface area contributed by atoms with Gasteiger partial charge in [0.1, 0.15) is 11.8 Å². The van der Waals surface area contributed by atoms with E-state index in [1.165, 1.54) is 6.07 Å². The summed E-state index contributed by atoms with van der Waals surface area (Å²) in [5.74, 6) is -1.65. The number of carboxylic acids is 1. The maximum absolute atomic E-state index is 12.9. The summed E-state index contributed by atoms with van der Waals surface area (Å²) in [4.78, 5) is 24.3. The molecular weight excluding hydrogens is 574 g/mol. The molecule has 4 N–H and O–H groups in total. The van der Waals surface area contributed by atoms with Crippen LogP contribution in [0.2, 0.25) is 0 Å². The third-order valence-electron chi connectivity index (χ3n) is 6.16. The topological polar surface area (TPSA) is 132 Å². The van der Waals surface area contributed by atoms with Crippen LogP contribution in [0.25, 0.3) is 11.1 Å². The molecule has 0 spiro atoms. The molecule has 0 saturated carbocycles. The van der Waals surface area contributed by atoms with Crippen molar-refractivity contribution in [3.63, 3.8) is 0 Å². The molecule has 0 bridgehead atoms. The van der Waals surface area contributed by atoms with Crippen molar-refractivity contribution in [1.82, 2.24) is 5.32 Å². The Morgan fingerprint density at radius 3 is 2.42 bits per heavy atom. The molecule has 202 valence electrons. The number of esters is 1. The number of ether oxygens (including phenoxy) is 1. The molecular formula is C31H26BrN3O5. The van der Waals surface area contributed by atoms with Crippen LogP contribution in [0.1, 0.15) is 27.0 Å². The molecule has 0 saturated heterocycles. The Kier molecular flexibility index (Phi) is 9.65. The highest BCUT2D eigenvalue weighted by Gasteiger charge is 2.18. The van der Waals surface area contributed by atoms with Crippen LogP contribution >= 0.6 is 15.9 Å². The van der Waals surface area contributed by atoms with Gasteiger partial charge in [-0.05, 0) is 56.9 Å². The van der Waals surface area contributed by atoms with E-state index in [0.29, 0.717) is 23.4 Å². The number of carboxylic acid groups (broad SMARTS) is 1. The van der Waals surface area contributed by atoms with Gasteiger partial charge in [0.2, 0.25) is 0 Å². The molecule has 4 rings (SSSR count). The van der Waals surface area contributed by atoms with Crippen molar-refractivity contribution < 1.29 is 24.5 Å². The van der Waals surface area contributed by atoms with Crippen LogP contribution in [-0.4, -0.2) is 34.8 Å². The second-order valence-corrected chi connectivity index (χ2v) is 9.65. The van der Waals surface area contributed by atoms with Crippen molar-refractivity contribution in [2.24, 2.45) is 0 Å². The van der Waals surface area contributed by atoms with Crippen molar-refractivity contribution >= 4 is 33.6 Å². The number of hydrogen-bond acceptors (Lipinski definition) is 7. The van der Waals surface area contributed by atoms with Gasteiger partial charge in [-0.2, -0.15) is 5.26 Å². The minimum atomic E-state index is -1.20. The fourth-order valence-corrected chi connectivity index (χ4v) is 4.63. The lowest BCUT2D eigenvalue weighted by molar-refractivity contribution is -0.140. The second kappa shape index (κ2) is 13.5. The minimum absolute atomic E-state index is 0.0311. The van der Waals surface area contributed by atoms with Crippen LogP contribution in [0.3, 0.4) is 0 Å². The van der Waals surface area contributed by atoms with E-state index >= 15 is 0 Å². The predicted octanol–water partition coefficient (Wildman–Crippen LogP) is 5.35. The molecule has 40 heavy (non-hydrogen) atoms. The summed E-state index contributed by atoms with van der Waals surface area (Å²) in [7, 11) is 0. The molecule has 9 heteroatoms. The number of benzene rings is 4. The summed E-state index contributed by atoms with van der Waals surface area (Å²) in [6.07, 6.45) is 0. The van der Waals surface area contributed by atoms with Gasteiger partial charge in [-0.25, -0.2) is 4.79 Å². The smallest absolute Gasteiger partial charge is 0.343 e. The minimum Gasteiger partial charge on any atom is -0.480 e. The lowest BCUT2D eigenvalue weighted by Gasteiger charge is -2.17. The van der Waals surface area contributed by atoms with Crippen molar-refractivity contribution in [2.75, 3.05) is 11.9 Å². The van der Waals surface area contributed by atoms with Gasteiger partial charge in [-0.3, -0.25) is 10.1 Å². The molecule has 4 aromatic rings. The Morgan fingerprint density at radius 2 is 1.70 bits per heavy atom. The number of rotatable bonds is 11. The SMILES string of the molecule is N#Cc1cccc(C(=O)Oc2cc(NCc3cccc(-c4ccccc4)c3Br)ccc2CN[C@H](CO)C(=O)O)c1. The number of aliphatic hydroxyl groups excluding tert-OH is 1. The first-order valence-electron chi connectivity index (χ1n) is 12.4. The van der Waals surface area contributed by atoms with E-state index in [1.807, 2.05) is 54.6 Å². The van der Waals surface area contributed by atoms with Gasteiger partial charge in [0.25, 0.3) is 0 Å². The first-order chi connectivity index (χ1) is 19.4. The average molecular weight is 600 g/mol. The zero-order valence-electron chi connectivity index (χ0n) is 21.3. The zero-order valence-corrected chi connectivity index (χ0v) is 22.9. The summed E-state index contributed by atoms with van der Waals surface area (Å²) < 4.78 is 6.66. The van der Waals surface area contributed by atoms with Crippen LogP contribution in [0, 0.1) is 11.3 Å². The third kappa shape index (κ3) is 7.12. The quantitative estimate of drug-likeness (QED) is 0.134. The molecule has 0 aliphatic rings. The van der Waals surface area contributed by atoms with E-state index in [9.17, 15) is 19.8 Å². The molecule has 1 atom stereocenters. The highest BCUT2D eigenvalue weighted by atomic mass is 79.9. The van der Waals surface area contributed by atoms with E-state index in [2.05, 4.69) is 26.6 Å². The number of carbonyl (C=O) groups is 2. The lowest BCUT2D eigenvalue weighted by atomic mass is 10.0. The highest BCUT2D eigenvalue weighted by molar-refractivity contribution is 9.10. The Labute approximate surface area is 240 Å². The van der Waals surface area contributed by atoms with E-state index < -0.39 is 24.6 Å². The number of halogens is 1. The van der Waals surface area contributed by atoms with Crippen molar-refractivity contribution in [1.29, 1.82) is 5.26 Å². The highest BCUT2D eigenvalue weighted by Crippen LogP contribution is 2.32. The van der Waals surface area contributed by atoms with E-state index in [-0.39, 0.29) is 17.9 Å². The largest absolute Gasteiger partial charge is 0.480 e. The fourth-order valence-electron chi connectivity index (χ4n) is 4.00. The molecule has 0 aliphatic heterocycles. The molecule has 0 aliphatic carbocycles. The molecule has 0 amide bonds. The van der Waals surface area contributed by atoms with E-state index in [1.54, 1.807) is 36.4 Å². The third-order valence-corrected chi connectivity index (χ3v) is 7.10. The summed E-state index contributed by atoms with van der Waals surface area (Å²) in [6.45, 7) is -0.0899. The van der Waals surface area contributed by atoms with Crippen LogP contribution in [0.4, 0.5) is 5.69 Å². The Hall–Kier alpha value is -4.49. The van der Waals surface area contributed by atoms with Gasteiger partial charge in [0.05, 0.1) is 23.8 Å². The first-order valence-corrected chi connectivity index (χ1v) is 13.2.